The summed E-state index contributed by atoms with van der Waals surface area (Å²) in [6, 6.07) is 39.9. The van der Waals surface area contributed by atoms with Gasteiger partial charge in [-0.1, -0.05) is 133 Å². The van der Waals surface area contributed by atoms with Crippen LogP contribution in [-0.4, -0.2) is 21.6 Å². The van der Waals surface area contributed by atoms with Crippen LogP contribution in [0.2, 0.25) is 0 Å². The van der Waals surface area contributed by atoms with Gasteiger partial charge in [0.25, 0.3) is 11.8 Å². The first kappa shape index (κ1) is 27.3. The predicted molar refractivity (Wildman–Crippen MR) is 184 cm³/mol. The van der Waals surface area contributed by atoms with Crippen molar-refractivity contribution >= 4 is 34.1 Å². The smallest absolute Gasteiger partial charge is 0.263 e. The van der Waals surface area contributed by atoms with Crippen molar-refractivity contribution < 1.29 is 9.59 Å². The molecule has 0 atom stereocenters. The Morgan fingerprint density at radius 2 is 0.696 bits per heavy atom. The van der Waals surface area contributed by atoms with Crippen LogP contribution in [0.3, 0.4) is 0 Å². The Labute approximate surface area is 267 Å². The fourth-order valence-corrected chi connectivity index (χ4v) is 6.42. The standard InChI is InChI=1S/C42H28N2O2/c45-41-39(33-17-9-3-10-18-33)37(31-13-5-1-6-14-31)35-27-29(23-25-43(35)41)21-22-30-24-26-44-36(28-30)38(32-15-7-2-8-16-32)40(42(44)46)34-19-11-4-12-20-34/h1-28H/b29-21+,30-22+. The van der Waals surface area contributed by atoms with Crippen LogP contribution in [0.25, 0.3) is 22.3 Å². The average molecular weight is 593 g/mol. The van der Waals surface area contributed by atoms with E-state index in [-0.39, 0.29) is 11.8 Å². The fraction of sp³-hybridized carbons (Fsp3) is 0. The third-order valence-corrected chi connectivity index (χ3v) is 8.55. The molecule has 0 N–H and O–H groups in total. The zero-order valence-electron chi connectivity index (χ0n) is 24.9. The van der Waals surface area contributed by atoms with Crippen molar-refractivity contribution in [3.05, 3.63) is 215 Å². The van der Waals surface area contributed by atoms with Gasteiger partial charge in [0.15, 0.2) is 0 Å². The molecule has 4 heteroatoms. The van der Waals surface area contributed by atoms with E-state index in [1.54, 1.807) is 9.80 Å². The van der Waals surface area contributed by atoms with Crippen LogP contribution in [-0.2, 0) is 9.59 Å². The highest BCUT2D eigenvalue weighted by Crippen LogP contribution is 2.45. The fourth-order valence-electron chi connectivity index (χ4n) is 6.42. The van der Waals surface area contributed by atoms with E-state index in [0.29, 0.717) is 11.1 Å². The first-order valence-electron chi connectivity index (χ1n) is 15.3. The normalized spacial score (nSPS) is 18.9. The number of benzene rings is 4. The van der Waals surface area contributed by atoms with Crippen molar-refractivity contribution in [2.24, 2.45) is 0 Å². The number of carbonyl (C=O) groups excluding carboxylic acids is 2. The molecule has 4 aliphatic heterocycles. The molecular formula is C42H28N2O2. The molecule has 0 spiro atoms. The minimum absolute atomic E-state index is 0.0367. The molecular weight excluding hydrogens is 564 g/mol. The molecule has 0 aromatic heterocycles. The van der Waals surface area contributed by atoms with Crippen LogP contribution >= 0.6 is 0 Å². The van der Waals surface area contributed by atoms with E-state index >= 15 is 0 Å². The summed E-state index contributed by atoms with van der Waals surface area (Å²) < 4.78 is 0. The van der Waals surface area contributed by atoms with Gasteiger partial charge in [0.1, 0.15) is 0 Å². The van der Waals surface area contributed by atoms with Crippen molar-refractivity contribution in [1.29, 1.82) is 0 Å². The molecule has 0 bridgehead atoms. The summed E-state index contributed by atoms with van der Waals surface area (Å²) in [5.41, 5.74) is 10.7. The monoisotopic (exact) mass is 592 g/mol. The molecule has 46 heavy (non-hydrogen) atoms. The largest absolute Gasteiger partial charge is 0.283 e. The van der Waals surface area contributed by atoms with Crippen molar-refractivity contribution in [2.75, 3.05) is 0 Å². The van der Waals surface area contributed by atoms with Gasteiger partial charge in [0.2, 0.25) is 0 Å². The maximum absolute atomic E-state index is 13.7. The maximum Gasteiger partial charge on any atom is 0.263 e. The third kappa shape index (κ3) is 4.64. The van der Waals surface area contributed by atoms with Crippen LogP contribution in [0, 0.1) is 0 Å². The minimum Gasteiger partial charge on any atom is -0.283 e. The molecule has 0 aliphatic carbocycles. The van der Waals surface area contributed by atoms with Crippen molar-refractivity contribution in [3.8, 4) is 0 Å². The summed E-state index contributed by atoms with van der Waals surface area (Å²) in [6.45, 7) is 0. The Hall–Kier alpha value is -6.26. The zero-order chi connectivity index (χ0) is 31.0. The highest BCUT2D eigenvalue weighted by Gasteiger charge is 2.37. The number of allylic oxidation sites excluding steroid dienone is 10. The molecule has 8 rings (SSSR count). The summed E-state index contributed by atoms with van der Waals surface area (Å²) in [5, 5.41) is 0. The third-order valence-electron chi connectivity index (χ3n) is 8.55. The SMILES string of the molecule is O=C1C(c2ccccc2)=C(c2ccccc2)C2=C/C(=C/C=C3\C=CN4C(=O)C(c5ccccc5)=C(c5ccccc5)C4=C3)C=CN12. The Bertz CT molecular complexity index is 1990. The molecule has 4 aromatic carbocycles. The van der Waals surface area contributed by atoms with E-state index in [4.69, 9.17) is 0 Å². The van der Waals surface area contributed by atoms with Gasteiger partial charge in [-0.25, -0.2) is 0 Å². The number of rotatable bonds is 5. The van der Waals surface area contributed by atoms with Gasteiger partial charge in [-0.2, -0.15) is 0 Å². The van der Waals surface area contributed by atoms with E-state index in [9.17, 15) is 9.59 Å². The molecule has 0 fully saturated rings. The van der Waals surface area contributed by atoms with Gasteiger partial charge < -0.3 is 0 Å². The van der Waals surface area contributed by atoms with E-state index < -0.39 is 0 Å². The first-order valence-corrected chi connectivity index (χ1v) is 15.3. The lowest BCUT2D eigenvalue weighted by Gasteiger charge is -2.20. The maximum atomic E-state index is 13.7. The van der Waals surface area contributed by atoms with Gasteiger partial charge in [-0.3, -0.25) is 19.4 Å². The summed E-state index contributed by atoms with van der Waals surface area (Å²) in [5.74, 6) is -0.0734. The lowest BCUT2D eigenvalue weighted by atomic mass is 9.93. The lowest BCUT2D eigenvalue weighted by Crippen LogP contribution is -2.21. The zero-order valence-corrected chi connectivity index (χ0v) is 24.9. The second-order valence-corrected chi connectivity index (χ2v) is 11.3. The number of fused-ring (bicyclic) bond motifs is 2. The summed E-state index contributed by atoms with van der Waals surface area (Å²) in [4.78, 5) is 30.9. The van der Waals surface area contributed by atoms with Crippen molar-refractivity contribution in [1.82, 2.24) is 9.80 Å². The van der Waals surface area contributed by atoms with Crippen LogP contribution in [0.15, 0.2) is 193 Å². The molecule has 4 nitrogen and oxygen atoms in total. The van der Waals surface area contributed by atoms with Gasteiger partial charge in [-0.15, -0.1) is 0 Å². The minimum atomic E-state index is -0.0367. The number of amides is 2. The number of hydrogen-bond donors (Lipinski definition) is 0. The molecule has 0 saturated carbocycles. The van der Waals surface area contributed by atoms with Crippen molar-refractivity contribution in [3.63, 3.8) is 0 Å². The van der Waals surface area contributed by atoms with Gasteiger partial charge >= 0.3 is 0 Å². The molecule has 4 heterocycles. The lowest BCUT2D eigenvalue weighted by molar-refractivity contribution is -0.121. The Balaban J connectivity index is 1.20. The van der Waals surface area contributed by atoms with Gasteiger partial charge in [0, 0.05) is 23.5 Å². The van der Waals surface area contributed by atoms with Crippen molar-refractivity contribution in [2.45, 2.75) is 0 Å². The first-order chi connectivity index (χ1) is 22.7. The summed E-state index contributed by atoms with van der Waals surface area (Å²) in [7, 11) is 0. The Morgan fingerprint density at radius 1 is 0.391 bits per heavy atom. The molecule has 0 saturated heterocycles. The molecule has 0 radical (unpaired) electrons. The van der Waals surface area contributed by atoms with E-state index in [1.165, 1.54) is 0 Å². The molecule has 4 aliphatic rings. The molecule has 0 unspecified atom stereocenters. The Morgan fingerprint density at radius 3 is 1.02 bits per heavy atom. The van der Waals surface area contributed by atoms with E-state index in [2.05, 4.69) is 48.6 Å². The highest BCUT2D eigenvalue weighted by atomic mass is 16.2. The van der Waals surface area contributed by atoms with Crippen LogP contribution in [0.4, 0.5) is 0 Å². The summed E-state index contributed by atoms with van der Waals surface area (Å²) in [6.07, 6.45) is 15.9. The number of hydrogen-bond acceptors (Lipinski definition) is 2. The van der Waals surface area contributed by atoms with Crippen LogP contribution in [0.5, 0.6) is 0 Å². The van der Waals surface area contributed by atoms with Crippen LogP contribution in [0.1, 0.15) is 22.3 Å². The van der Waals surface area contributed by atoms with E-state index in [0.717, 1.165) is 55.9 Å². The molecule has 2 amide bonds. The van der Waals surface area contributed by atoms with Gasteiger partial charge in [-0.05, 0) is 57.7 Å². The van der Waals surface area contributed by atoms with E-state index in [1.807, 2.05) is 122 Å². The second-order valence-electron chi connectivity index (χ2n) is 11.3. The molecule has 218 valence electrons. The highest BCUT2D eigenvalue weighted by molar-refractivity contribution is 6.35. The topological polar surface area (TPSA) is 40.6 Å². The quantitative estimate of drug-likeness (QED) is 0.233. The number of nitrogens with zero attached hydrogens (tertiary/aromatic N) is 2. The molecule has 4 aromatic rings. The second kappa shape index (κ2) is 11.3. The predicted octanol–water partition coefficient (Wildman–Crippen LogP) is 8.57. The summed E-state index contributed by atoms with van der Waals surface area (Å²) >= 11 is 0. The Kier molecular flexibility index (Phi) is 6.73. The number of carbonyl (C=O) groups is 2. The average Bonchev–Trinajstić information content (AvgIpc) is 3.58. The van der Waals surface area contributed by atoms with Gasteiger partial charge in [0.05, 0.1) is 22.5 Å². The van der Waals surface area contributed by atoms with Crippen LogP contribution < -0.4 is 0 Å².